The van der Waals surface area contributed by atoms with Crippen molar-refractivity contribution < 1.29 is 18.9 Å². The minimum Gasteiger partial charge on any atom is -0.490 e. The molecule has 1 aromatic rings. The van der Waals surface area contributed by atoms with Crippen molar-refractivity contribution >= 4 is 5.96 Å². The average molecular weight is 389 g/mol. The molecule has 0 bridgehead atoms. The predicted molar refractivity (Wildman–Crippen MR) is 107 cm³/mol. The molecular weight excluding hydrogens is 358 g/mol. The molecule has 7 nitrogen and oxygen atoms in total. The molecule has 3 heterocycles. The van der Waals surface area contributed by atoms with Gasteiger partial charge >= 0.3 is 0 Å². The van der Waals surface area contributed by atoms with Gasteiger partial charge in [-0.25, -0.2) is 4.99 Å². The van der Waals surface area contributed by atoms with Crippen LogP contribution in [0, 0.1) is 0 Å². The SMILES string of the molecule is CCNC(=NCc1cccc2c1OCCCO2)N1CCOC(C2CCCO2)C1. The summed E-state index contributed by atoms with van der Waals surface area (Å²) >= 11 is 0. The molecule has 154 valence electrons. The van der Waals surface area contributed by atoms with Crippen molar-refractivity contribution in [2.24, 2.45) is 4.99 Å². The van der Waals surface area contributed by atoms with Gasteiger partial charge in [0.25, 0.3) is 0 Å². The van der Waals surface area contributed by atoms with Crippen LogP contribution in [0.5, 0.6) is 11.5 Å². The van der Waals surface area contributed by atoms with E-state index in [0.29, 0.717) is 26.4 Å². The van der Waals surface area contributed by atoms with Crippen LogP contribution in [0.1, 0.15) is 31.7 Å². The first-order valence-electron chi connectivity index (χ1n) is 10.5. The summed E-state index contributed by atoms with van der Waals surface area (Å²) in [6.07, 6.45) is 3.43. The summed E-state index contributed by atoms with van der Waals surface area (Å²) in [5, 5.41) is 3.43. The molecule has 0 aromatic heterocycles. The highest BCUT2D eigenvalue weighted by molar-refractivity contribution is 5.80. The fourth-order valence-electron chi connectivity index (χ4n) is 3.95. The lowest BCUT2D eigenvalue weighted by Crippen LogP contribution is -2.53. The Balaban J connectivity index is 1.47. The summed E-state index contributed by atoms with van der Waals surface area (Å²) in [6.45, 7) is 8.04. The summed E-state index contributed by atoms with van der Waals surface area (Å²) in [6, 6.07) is 6.04. The van der Waals surface area contributed by atoms with Gasteiger partial charge in [-0.1, -0.05) is 12.1 Å². The van der Waals surface area contributed by atoms with Gasteiger partial charge in [-0.2, -0.15) is 0 Å². The molecule has 0 saturated carbocycles. The van der Waals surface area contributed by atoms with Gasteiger partial charge in [-0.3, -0.25) is 0 Å². The summed E-state index contributed by atoms with van der Waals surface area (Å²) in [7, 11) is 0. The Bertz CT molecular complexity index is 676. The Morgan fingerprint density at radius 3 is 2.86 bits per heavy atom. The van der Waals surface area contributed by atoms with E-state index in [1.165, 1.54) is 0 Å². The minimum absolute atomic E-state index is 0.116. The molecule has 3 aliphatic heterocycles. The van der Waals surface area contributed by atoms with Gasteiger partial charge in [0.2, 0.25) is 0 Å². The number of aliphatic imine (C=N–C) groups is 1. The van der Waals surface area contributed by atoms with Crippen LogP contribution in [-0.2, 0) is 16.0 Å². The number of fused-ring (bicyclic) bond motifs is 1. The van der Waals surface area contributed by atoms with E-state index in [4.69, 9.17) is 23.9 Å². The molecule has 0 amide bonds. The lowest BCUT2D eigenvalue weighted by molar-refractivity contribution is -0.0817. The van der Waals surface area contributed by atoms with E-state index in [1.54, 1.807) is 0 Å². The second kappa shape index (κ2) is 9.47. The maximum atomic E-state index is 5.99. The zero-order valence-electron chi connectivity index (χ0n) is 16.7. The first-order valence-corrected chi connectivity index (χ1v) is 10.5. The third-order valence-corrected chi connectivity index (χ3v) is 5.36. The fraction of sp³-hybridized carbons (Fsp3) is 0.667. The molecule has 28 heavy (non-hydrogen) atoms. The maximum Gasteiger partial charge on any atom is 0.194 e. The van der Waals surface area contributed by atoms with Crippen molar-refractivity contribution in [1.29, 1.82) is 0 Å². The van der Waals surface area contributed by atoms with Crippen molar-refractivity contribution in [3.8, 4) is 11.5 Å². The average Bonchev–Trinajstić information content (AvgIpc) is 3.16. The number of para-hydroxylation sites is 1. The van der Waals surface area contributed by atoms with Crippen LogP contribution in [-0.4, -0.2) is 69.1 Å². The number of hydrogen-bond acceptors (Lipinski definition) is 5. The molecule has 0 radical (unpaired) electrons. The van der Waals surface area contributed by atoms with Crippen molar-refractivity contribution in [1.82, 2.24) is 10.2 Å². The zero-order valence-corrected chi connectivity index (χ0v) is 16.7. The van der Waals surface area contributed by atoms with Gasteiger partial charge < -0.3 is 29.2 Å². The summed E-state index contributed by atoms with van der Waals surface area (Å²) in [4.78, 5) is 7.20. The molecule has 2 fully saturated rings. The molecule has 0 spiro atoms. The number of guanidine groups is 1. The van der Waals surface area contributed by atoms with E-state index in [-0.39, 0.29) is 12.2 Å². The Labute approximate surface area is 167 Å². The molecule has 1 N–H and O–H groups in total. The molecule has 0 aliphatic carbocycles. The predicted octanol–water partition coefficient (Wildman–Crippen LogP) is 2.19. The number of nitrogens with zero attached hydrogens (tertiary/aromatic N) is 2. The topological polar surface area (TPSA) is 64.6 Å². The van der Waals surface area contributed by atoms with E-state index in [9.17, 15) is 0 Å². The van der Waals surface area contributed by atoms with E-state index >= 15 is 0 Å². The van der Waals surface area contributed by atoms with E-state index in [0.717, 1.165) is 68.5 Å². The van der Waals surface area contributed by atoms with Crippen molar-refractivity contribution in [2.45, 2.75) is 44.9 Å². The Kier molecular flexibility index (Phi) is 6.54. The van der Waals surface area contributed by atoms with Gasteiger partial charge in [0.05, 0.1) is 32.5 Å². The van der Waals surface area contributed by atoms with E-state index in [2.05, 4.69) is 23.2 Å². The van der Waals surface area contributed by atoms with Crippen LogP contribution < -0.4 is 14.8 Å². The summed E-state index contributed by atoms with van der Waals surface area (Å²) < 4.78 is 23.6. The Hall–Kier alpha value is -1.99. The second-order valence-corrected chi connectivity index (χ2v) is 7.37. The fourth-order valence-corrected chi connectivity index (χ4v) is 3.95. The van der Waals surface area contributed by atoms with Crippen LogP contribution >= 0.6 is 0 Å². The normalized spacial score (nSPS) is 25.5. The third-order valence-electron chi connectivity index (χ3n) is 5.36. The second-order valence-electron chi connectivity index (χ2n) is 7.37. The minimum atomic E-state index is 0.116. The zero-order chi connectivity index (χ0) is 19.2. The quantitative estimate of drug-likeness (QED) is 0.629. The number of benzene rings is 1. The van der Waals surface area contributed by atoms with E-state index < -0.39 is 0 Å². The lowest BCUT2D eigenvalue weighted by Gasteiger charge is -2.37. The first-order chi connectivity index (χ1) is 13.8. The molecule has 2 unspecified atom stereocenters. The smallest absolute Gasteiger partial charge is 0.194 e. The van der Waals surface area contributed by atoms with Crippen molar-refractivity contribution in [3.63, 3.8) is 0 Å². The number of hydrogen-bond donors (Lipinski definition) is 1. The molecule has 2 atom stereocenters. The molecule has 3 aliphatic rings. The molecule has 4 rings (SSSR count). The highest BCUT2D eigenvalue weighted by Gasteiger charge is 2.32. The van der Waals surface area contributed by atoms with Crippen LogP contribution in [0.2, 0.25) is 0 Å². The number of ether oxygens (including phenoxy) is 4. The first kappa shape index (κ1) is 19.3. The van der Waals surface area contributed by atoms with E-state index in [1.807, 2.05) is 12.1 Å². The number of rotatable bonds is 4. The van der Waals surface area contributed by atoms with Gasteiger partial charge in [0, 0.05) is 38.2 Å². The lowest BCUT2D eigenvalue weighted by atomic mass is 10.1. The van der Waals surface area contributed by atoms with Crippen LogP contribution in [0.25, 0.3) is 0 Å². The summed E-state index contributed by atoms with van der Waals surface area (Å²) in [5.74, 6) is 2.57. The van der Waals surface area contributed by atoms with Gasteiger partial charge in [0.1, 0.15) is 6.10 Å². The third kappa shape index (κ3) is 4.52. The molecular formula is C21H31N3O4. The summed E-state index contributed by atoms with van der Waals surface area (Å²) in [5.41, 5.74) is 1.05. The number of nitrogens with one attached hydrogen (secondary N) is 1. The van der Waals surface area contributed by atoms with Gasteiger partial charge in [-0.15, -0.1) is 0 Å². The maximum absolute atomic E-state index is 5.99. The van der Waals surface area contributed by atoms with Gasteiger partial charge in [-0.05, 0) is 25.8 Å². The standard InChI is InChI=1S/C21H31N3O4/c1-2-22-21(24-9-13-27-19(15-24)17-8-4-10-25-17)23-14-16-6-3-7-18-20(16)28-12-5-11-26-18/h3,6-7,17,19H,2,4-5,8-15H2,1H3,(H,22,23). The van der Waals surface area contributed by atoms with Crippen molar-refractivity contribution in [3.05, 3.63) is 23.8 Å². The van der Waals surface area contributed by atoms with Crippen LogP contribution in [0.15, 0.2) is 23.2 Å². The highest BCUT2D eigenvalue weighted by Crippen LogP contribution is 2.33. The monoisotopic (exact) mass is 389 g/mol. The Morgan fingerprint density at radius 2 is 2.00 bits per heavy atom. The molecule has 1 aromatic carbocycles. The van der Waals surface area contributed by atoms with Gasteiger partial charge in [0.15, 0.2) is 17.5 Å². The van der Waals surface area contributed by atoms with Crippen LogP contribution in [0.4, 0.5) is 0 Å². The largest absolute Gasteiger partial charge is 0.490 e. The molecule has 2 saturated heterocycles. The van der Waals surface area contributed by atoms with Crippen molar-refractivity contribution in [2.75, 3.05) is 46.1 Å². The Morgan fingerprint density at radius 1 is 1.11 bits per heavy atom. The highest BCUT2D eigenvalue weighted by atomic mass is 16.5. The number of morpholine rings is 1. The van der Waals surface area contributed by atoms with Crippen LogP contribution in [0.3, 0.4) is 0 Å². The molecule has 7 heteroatoms.